The zero-order chi connectivity index (χ0) is 16.9. The second-order valence-electron chi connectivity index (χ2n) is 6.12. The van der Waals surface area contributed by atoms with Crippen molar-refractivity contribution in [1.29, 1.82) is 0 Å². The molecule has 2 aromatic rings. The molecule has 2 N–H and O–H groups in total. The number of aromatic amines is 1. The van der Waals surface area contributed by atoms with E-state index in [1.807, 2.05) is 30.3 Å². The minimum atomic E-state index is -0.354. The van der Waals surface area contributed by atoms with Crippen LogP contribution < -0.4 is 10.9 Å². The Hall–Kier alpha value is -2.40. The molecule has 5 heteroatoms. The molecule has 1 aliphatic rings. The maximum Gasteiger partial charge on any atom is 0.261 e. The molecule has 0 radical (unpaired) electrons. The van der Waals surface area contributed by atoms with Crippen molar-refractivity contribution in [1.82, 2.24) is 15.2 Å². The third kappa shape index (κ3) is 3.57. The second-order valence-corrected chi connectivity index (χ2v) is 6.12. The van der Waals surface area contributed by atoms with Crippen LogP contribution in [0.1, 0.15) is 30.1 Å². The zero-order valence-corrected chi connectivity index (χ0v) is 13.9. The fourth-order valence-electron chi connectivity index (χ4n) is 3.29. The van der Waals surface area contributed by atoms with Crippen LogP contribution in [-0.4, -0.2) is 41.5 Å². The third-order valence-electron chi connectivity index (χ3n) is 4.64. The number of aromatic nitrogens is 1. The maximum absolute atomic E-state index is 12.3. The lowest BCUT2D eigenvalue weighted by Gasteiger charge is -2.22. The number of pyridine rings is 1. The second kappa shape index (κ2) is 7.45. The van der Waals surface area contributed by atoms with Gasteiger partial charge >= 0.3 is 0 Å². The van der Waals surface area contributed by atoms with Crippen LogP contribution in [0.2, 0.25) is 0 Å². The molecule has 3 rings (SSSR count). The number of hydrogen-bond acceptors (Lipinski definition) is 3. The Bertz CT molecular complexity index is 755. The SMILES string of the molecule is CCN1CCCC1CNC(=O)c1ccc(-c2ccccc2)[nH]c1=O. The Kier molecular flexibility index (Phi) is 5.11. The van der Waals surface area contributed by atoms with Gasteiger partial charge in [0.2, 0.25) is 0 Å². The van der Waals surface area contributed by atoms with Crippen molar-refractivity contribution in [3.8, 4) is 11.3 Å². The third-order valence-corrected chi connectivity index (χ3v) is 4.64. The van der Waals surface area contributed by atoms with Crippen LogP contribution in [0.4, 0.5) is 0 Å². The van der Waals surface area contributed by atoms with Gasteiger partial charge in [-0.1, -0.05) is 37.3 Å². The van der Waals surface area contributed by atoms with Gasteiger partial charge in [0.05, 0.1) is 0 Å². The lowest BCUT2D eigenvalue weighted by molar-refractivity contribution is 0.0940. The molecule has 1 atom stereocenters. The molecule has 24 heavy (non-hydrogen) atoms. The van der Waals surface area contributed by atoms with Gasteiger partial charge in [-0.15, -0.1) is 0 Å². The number of nitrogens with one attached hydrogen (secondary N) is 2. The summed E-state index contributed by atoms with van der Waals surface area (Å²) >= 11 is 0. The highest BCUT2D eigenvalue weighted by molar-refractivity contribution is 5.94. The van der Waals surface area contributed by atoms with Crippen LogP contribution in [0.15, 0.2) is 47.3 Å². The van der Waals surface area contributed by atoms with Crippen LogP contribution in [0.3, 0.4) is 0 Å². The molecule has 126 valence electrons. The predicted octanol–water partition coefficient (Wildman–Crippen LogP) is 2.26. The number of carbonyl (C=O) groups excluding carboxylic acids is 1. The van der Waals surface area contributed by atoms with Crippen molar-refractivity contribution in [3.05, 3.63) is 58.4 Å². The standard InChI is InChI=1S/C19H23N3O2/c1-2-22-12-6-9-15(22)13-20-18(23)16-10-11-17(21-19(16)24)14-7-4-3-5-8-14/h3-5,7-8,10-11,15H,2,6,9,12-13H2,1H3,(H,20,23)(H,21,24). The minimum Gasteiger partial charge on any atom is -0.350 e. The topological polar surface area (TPSA) is 65.2 Å². The number of rotatable bonds is 5. The molecule has 5 nitrogen and oxygen atoms in total. The molecule has 0 aliphatic carbocycles. The molecule has 1 aromatic heterocycles. The summed E-state index contributed by atoms with van der Waals surface area (Å²) in [6.45, 7) is 4.80. The summed E-state index contributed by atoms with van der Waals surface area (Å²) in [5, 5.41) is 2.90. The van der Waals surface area contributed by atoms with Crippen molar-refractivity contribution in [2.75, 3.05) is 19.6 Å². The number of likely N-dealkylation sites (N-methyl/N-ethyl adjacent to an activating group) is 1. The molecular weight excluding hydrogens is 302 g/mol. The van der Waals surface area contributed by atoms with Crippen LogP contribution >= 0.6 is 0 Å². The van der Waals surface area contributed by atoms with Crippen molar-refractivity contribution in [2.45, 2.75) is 25.8 Å². The molecular formula is C19H23N3O2. The molecule has 1 amide bonds. The first-order chi connectivity index (χ1) is 11.7. The Balaban J connectivity index is 1.68. The Morgan fingerprint density at radius 1 is 1.25 bits per heavy atom. The number of benzene rings is 1. The smallest absolute Gasteiger partial charge is 0.261 e. The Morgan fingerprint density at radius 3 is 2.75 bits per heavy atom. The number of H-pyrrole nitrogens is 1. The first kappa shape index (κ1) is 16.5. The number of likely N-dealkylation sites (tertiary alicyclic amines) is 1. The van der Waals surface area contributed by atoms with Crippen molar-refractivity contribution in [3.63, 3.8) is 0 Å². The fraction of sp³-hybridized carbons (Fsp3) is 0.368. The van der Waals surface area contributed by atoms with E-state index in [1.54, 1.807) is 12.1 Å². The van der Waals surface area contributed by atoms with Gasteiger partial charge in [0, 0.05) is 18.3 Å². The highest BCUT2D eigenvalue weighted by atomic mass is 16.2. The number of amides is 1. The molecule has 1 aromatic carbocycles. The van der Waals surface area contributed by atoms with E-state index in [9.17, 15) is 9.59 Å². The van der Waals surface area contributed by atoms with Gasteiger partial charge in [0.25, 0.3) is 11.5 Å². The summed E-state index contributed by atoms with van der Waals surface area (Å²) in [5.41, 5.74) is 1.44. The summed E-state index contributed by atoms with van der Waals surface area (Å²) in [5.74, 6) is -0.307. The molecule has 0 bridgehead atoms. The summed E-state index contributed by atoms with van der Waals surface area (Å²) in [7, 11) is 0. The number of nitrogens with zero attached hydrogens (tertiary/aromatic N) is 1. The van der Waals surface area contributed by atoms with Gasteiger partial charge < -0.3 is 10.3 Å². The number of carbonyl (C=O) groups is 1. The predicted molar refractivity (Wildman–Crippen MR) is 95.1 cm³/mol. The van der Waals surface area contributed by atoms with Crippen LogP contribution in [0.25, 0.3) is 11.3 Å². The largest absolute Gasteiger partial charge is 0.350 e. The first-order valence-electron chi connectivity index (χ1n) is 8.50. The molecule has 0 saturated carbocycles. The Labute approximate surface area is 141 Å². The van der Waals surface area contributed by atoms with E-state index < -0.39 is 0 Å². The molecule has 1 fully saturated rings. The summed E-state index contributed by atoms with van der Waals surface area (Å²) in [6.07, 6.45) is 2.26. The van der Waals surface area contributed by atoms with Crippen molar-refractivity contribution in [2.24, 2.45) is 0 Å². The van der Waals surface area contributed by atoms with Crippen LogP contribution in [-0.2, 0) is 0 Å². The van der Waals surface area contributed by atoms with E-state index in [4.69, 9.17) is 0 Å². The maximum atomic E-state index is 12.3. The lowest BCUT2D eigenvalue weighted by atomic mass is 10.1. The van der Waals surface area contributed by atoms with Gasteiger partial charge in [0.15, 0.2) is 0 Å². The average Bonchev–Trinajstić information content (AvgIpc) is 3.08. The van der Waals surface area contributed by atoms with Crippen LogP contribution in [0.5, 0.6) is 0 Å². The normalized spacial score (nSPS) is 17.8. The highest BCUT2D eigenvalue weighted by Gasteiger charge is 2.23. The molecule has 0 spiro atoms. The molecule has 1 aliphatic heterocycles. The summed E-state index contributed by atoms with van der Waals surface area (Å²) in [4.78, 5) is 29.7. The molecule has 2 heterocycles. The quantitative estimate of drug-likeness (QED) is 0.886. The van der Waals surface area contributed by atoms with Gasteiger partial charge in [-0.25, -0.2) is 0 Å². The Morgan fingerprint density at radius 2 is 2.04 bits per heavy atom. The van der Waals surface area contributed by atoms with Gasteiger partial charge in [-0.2, -0.15) is 0 Å². The molecule has 1 unspecified atom stereocenters. The first-order valence-corrected chi connectivity index (χ1v) is 8.50. The van der Waals surface area contributed by atoms with E-state index in [0.717, 1.165) is 25.1 Å². The summed E-state index contributed by atoms with van der Waals surface area (Å²) in [6, 6.07) is 13.3. The van der Waals surface area contributed by atoms with E-state index in [2.05, 4.69) is 22.1 Å². The van der Waals surface area contributed by atoms with E-state index >= 15 is 0 Å². The summed E-state index contributed by atoms with van der Waals surface area (Å²) < 4.78 is 0. The lowest BCUT2D eigenvalue weighted by Crippen LogP contribution is -2.41. The van der Waals surface area contributed by atoms with E-state index in [-0.39, 0.29) is 17.0 Å². The fourth-order valence-corrected chi connectivity index (χ4v) is 3.29. The van der Waals surface area contributed by atoms with E-state index in [1.165, 1.54) is 6.42 Å². The van der Waals surface area contributed by atoms with Gasteiger partial charge in [-0.3, -0.25) is 14.5 Å². The monoisotopic (exact) mass is 325 g/mol. The van der Waals surface area contributed by atoms with Crippen LogP contribution in [0, 0.1) is 0 Å². The molecule has 1 saturated heterocycles. The number of hydrogen-bond donors (Lipinski definition) is 2. The highest BCUT2D eigenvalue weighted by Crippen LogP contribution is 2.16. The van der Waals surface area contributed by atoms with Gasteiger partial charge in [-0.05, 0) is 43.6 Å². The van der Waals surface area contributed by atoms with Crippen molar-refractivity contribution < 1.29 is 4.79 Å². The minimum absolute atomic E-state index is 0.163. The van der Waals surface area contributed by atoms with Gasteiger partial charge in [0.1, 0.15) is 5.56 Å². The van der Waals surface area contributed by atoms with Crippen molar-refractivity contribution >= 4 is 5.91 Å². The zero-order valence-electron chi connectivity index (χ0n) is 13.9. The van der Waals surface area contributed by atoms with E-state index in [0.29, 0.717) is 18.3 Å². The average molecular weight is 325 g/mol.